The normalized spacial score (nSPS) is 15.0. The minimum atomic E-state index is -0.473. The maximum absolute atomic E-state index is 13.4. The van der Waals surface area contributed by atoms with Crippen LogP contribution in [0.5, 0.6) is 0 Å². The lowest BCUT2D eigenvalue weighted by molar-refractivity contribution is -0.133. The molecule has 164 valence electrons. The van der Waals surface area contributed by atoms with Crippen molar-refractivity contribution in [1.29, 1.82) is 0 Å². The lowest BCUT2D eigenvalue weighted by Crippen LogP contribution is -2.45. The molecule has 3 heterocycles. The van der Waals surface area contributed by atoms with Crippen LogP contribution in [0.2, 0.25) is 0 Å². The summed E-state index contributed by atoms with van der Waals surface area (Å²) in [5, 5.41) is 4.47. The standard InChI is InChI=1S/C23H29N5O3/c1-4-28-21-20(17(3)24-28)26(15-19(29)25-12-10-16(2)11-13-25)23(31)27(22(21)30)14-18-8-6-5-7-9-18/h5-9,16H,4,10-15H2,1-3H3. The van der Waals surface area contributed by atoms with Gasteiger partial charge in [0.1, 0.15) is 12.1 Å². The number of amides is 1. The Kier molecular flexibility index (Phi) is 5.80. The second-order valence-corrected chi connectivity index (χ2v) is 8.41. The van der Waals surface area contributed by atoms with Gasteiger partial charge in [0.25, 0.3) is 5.56 Å². The van der Waals surface area contributed by atoms with E-state index in [9.17, 15) is 14.4 Å². The van der Waals surface area contributed by atoms with Crippen LogP contribution in [0.4, 0.5) is 0 Å². The molecule has 31 heavy (non-hydrogen) atoms. The molecule has 0 N–H and O–H groups in total. The van der Waals surface area contributed by atoms with Crippen molar-refractivity contribution in [2.45, 2.75) is 53.2 Å². The molecule has 0 radical (unpaired) electrons. The molecule has 1 aliphatic rings. The monoisotopic (exact) mass is 423 g/mol. The highest BCUT2D eigenvalue weighted by Crippen LogP contribution is 2.18. The Morgan fingerprint density at radius 1 is 1.06 bits per heavy atom. The third kappa shape index (κ3) is 3.94. The number of hydrogen-bond acceptors (Lipinski definition) is 4. The van der Waals surface area contributed by atoms with E-state index in [0.29, 0.717) is 42.3 Å². The fraction of sp³-hybridized carbons (Fsp3) is 0.478. The predicted octanol–water partition coefficient (Wildman–Crippen LogP) is 1.99. The summed E-state index contributed by atoms with van der Waals surface area (Å²) in [4.78, 5) is 41.7. The molecule has 2 aromatic heterocycles. The van der Waals surface area contributed by atoms with Crippen molar-refractivity contribution in [3.05, 3.63) is 62.4 Å². The van der Waals surface area contributed by atoms with Crippen LogP contribution in [-0.2, 0) is 24.4 Å². The molecule has 0 unspecified atom stereocenters. The summed E-state index contributed by atoms with van der Waals surface area (Å²) < 4.78 is 4.28. The Hall–Kier alpha value is -3.16. The highest BCUT2D eigenvalue weighted by molar-refractivity contribution is 5.81. The predicted molar refractivity (Wildman–Crippen MR) is 119 cm³/mol. The first-order valence-electron chi connectivity index (χ1n) is 10.9. The summed E-state index contributed by atoms with van der Waals surface area (Å²) in [6.45, 7) is 7.84. The molecule has 8 nitrogen and oxygen atoms in total. The van der Waals surface area contributed by atoms with Crippen molar-refractivity contribution in [3.8, 4) is 0 Å². The molecular weight excluding hydrogens is 394 g/mol. The topological polar surface area (TPSA) is 82.1 Å². The molecule has 0 saturated carbocycles. The Bertz CT molecular complexity index is 1210. The molecule has 3 aromatic rings. The van der Waals surface area contributed by atoms with Gasteiger partial charge in [-0.25, -0.2) is 4.79 Å². The van der Waals surface area contributed by atoms with Crippen LogP contribution in [-0.4, -0.2) is 42.8 Å². The van der Waals surface area contributed by atoms with Crippen LogP contribution in [0.25, 0.3) is 11.0 Å². The SMILES string of the molecule is CCn1nc(C)c2c1c(=O)n(Cc1ccccc1)c(=O)n2CC(=O)N1CCC(C)CC1. The first kappa shape index (κ1) is 21.1. The van der Waals surface area contributed by atoms with Crippen molar-refractivity contribution in [1.82, 2.24) is 23.8 Å². The number of fused-ring (bicyclic) bond motifs is 1. The summed E-state index contributed by atoms with van der Waals surface area (Å²) in [5.41, 5.74) is 1.41. The van der Waals surface area contributed by atoms with Gasteiger partial charge in [0.2, 0.25) is 5.91 Å². The molecule has 0 spiro atoms. The number of piperidine rings is 1. The van der Waals surface area contributed by atoms with Gasteiger partial charge in [-0.05, 0) is 38.2 Å². The number of aromatic nitrogens is 4. The molecule has 4 rings (SSSR count). The van der Waals surface area contributed by atoms with Gasteiger partial charge in [-0.1, -0.05) is 37.3 Å². The zero-order valence-corrected chi connectivity index (χ0v) is 18.4. The Morgan fingerprint density at radius 2 is 1.74 bits per heavy atom. The number of nitrogens with zero attached hydrogens (tertiary/aromatic N) is 5. The summed E-state index contributed by atoms with van der Waals surface area (Å²) >= 11 is 0. The van der Waals surface area contributed by atoms with Gasteiger partial charge in [-0.15, -0.1) is 0 Å². The summed E-state index contributed by atoms with van der Waals surface area (Å²) in [7, 11) is 0. The summed E-state index contributed by atoms with van der Waals surface area (Å²) in [5.74, 6) is 0.514. The molecule has 0 aliphatic carbocycles. The van der Waals surface area contributed by atoms with Crippen LogP contribution in [0.1, 0.15) is 37.9 Å². The maximum Gasteiger partial charge on any atom is 0.332 e. The Labute approximate surface area is 180 Å². The van der Waals surface area contributed by atoms with Crippen molar-refractivity contribution in [2.75, 3.05) is 13.1 Å². The zero-order valence-electron chi connectivity index (χ0n) is 18.4. The van der Waals surface area contributed by atoms with Gasteiger partial charge >= 0.3 is 5.69 Å². The molecule has 1 saturated heterocycles. The Morgan fingerprint density at radius 3 is 2.39 bits per heavy atom. The lowest BCUT2D eigenvalue weighted by atomic mass is 9.99. The quantitative estimate of drug-likeness (QED) is 0.629. The van der Waals surface area contributed by atoms with E-state index in [0.717, 1.165) is 18.4 Å². The second kappa shape index (κ2) is 8.53. The van der Waals surface area contributed by atoms with Crippen LogP contribution in [0.15, 0.2) is 39.9 Å². The van der Waals surface area contributed by atoms with E-state index in [1.165, 1.54) is 9.13 Å². The molecule has 1 fully saturated rings. The van der Waals surface area contributed by atoms with E-state index >= 15 is 0 Å². The van der Waals surface area contributed by atoms with E-state index in [1.807, 2.05) is 42.2 Å². The average Bonchev–Trinajstić information content (AvgIpc) is 3.11. The Balaban J connectivity index is 1.83. The van der Waals surface area contributed by atoms with Crippen LogP contribution < -0.4 is 11.2 Å². The van der Waals surface area contributed by atoms with Crippen LogP contribution in [0.3, 0.4) is 0 Å². The molecule has 0 atom stereocenters. The van der Waals surface area contributed by atoms with Crippen LogP contribution in [0, 0.1) is 12.8 Å². The van der Waals surface area contributed by atoms with E-state index in [4.69, 9.17) is 0 Å². The van der Waals surface area contributed by atoms with E-state index in [-0.39, 0.29) is 24.6 Å². The van der Waals surface area contributed by atoms with Crippen molar-refractivity contribution < 1.29 is 4.79 Å². The number of benzene rings is 1. The molecule has 8 heteroatoms. The third-order valence-corrected chi connectivity index (χ3v) is 6.19. The molecular formula is C23H29N5O3. The zero-order chi connectivity index (χ0) is 22.1. The van der Waals surface area contributed by atoms with Gasteiger partial charge in [-0.2, -0.15) is 5.10 Å². The van der Waals surface area contributed by atoms with Gasteiger partial charge in [0.15, 0.2) is 5.52 Å². The van der Waals surface area contributed by atoms with E-state index < -0.39 is 5.69 Å². The smallest absolute Gasteiger partial charge is 0.332 e. The largest absolute Gasteiger partial charge is 0.341 e. The number of rotatable bonds is 5. The highest BCUT2D eigenvalue weighted by atomic mass is 16.2. The van der Waals surface area contributed by atoms with Gasteiger partial charge in [0, 0.05) is 19.6 Å². The first-order valence-corrected chi connectivity index (χ1v) is 10.9. The lowest BCUT2D eigenvalue weighted by Gasteiger charge is -2.30. The summed E-state index contributed by atoms with van der Waals surface area (Å²) in [6, 6.07) is 9.39. The summed E-state index contributed by atoms with van der Waals surface area (Å²) in [6.07, 6.45) is 1.94. The minimum Gasteiger partial charge on any atom is -0.341 e. The van der Waals surface area contributed by atoms with Crippen molar-refractivity contribution in [3.63, 3.8) is 0 Å². The molecule has 0 bridgehead atoms. The second-order valence-electron chi connectivity index (χ2n) is 8.41. The molecule has 1 aliphatic heterocycles. The van der Waals surface area contributed by atoms with Gasteiger partial charge < -0.3 is 4.90 Å². The van der Waals surface area contributed by atoms with E-state index in [1.54, 1.807) is 11.6 Å². The van der Waals surface area contributed by atoms with Gasteiger partial charge in [0.05, 0.1) is 12.2 Å². The molecule has 1 amide bonds. The number of aryl methyl sites for hydroxylation is 2. The maximum atomic E-state index is 13.4. The minimum absolute atomic E-state index is 0.0883. The number of carbonyl (C=O) groups excluding carboxylic acids is 1. The van der Waals surface area contributed by atoms with Crippen molar-refractivity contribution >= 4 is 16.9 Å². The van der Waals surface area contributed by atoms with Gasteiger partial charge in [-0.3, -0.25) is 23.4 Å². The van der Waals surface area contributed by atoms with E-state index in [2.05, 4.69) is 12.0 Å². The highest BCUT2D eigenvalue weighted by Gasteiger charge is 2.25. The molecule has 1 aromatic carbocycles. The van der Waals surface area contributed by atoms with Crippen LogP contribution >= 0.6 is 0 Å². The number of carbonyl (C=O) groups is 1. The third-order valence-electron chi connectivity index (χ3n) is 6.19. The van der Waals surface area contributed by atoms with Crippen molar-refractivity contribution in [2.24, 2.45) is 5.92 Å². The fourth-order valence-electron chi connectivity index (χ4n) is 4.34. The fourth-order valence-corrected chi connectivity index (χ4v) is 4.34. The number of likely N-dealkylation sites (tertiary alicyclic amines) is 1. The first-order chi connectivity index (χ1) is 14.9. The average molecular weight is 424 g/mol. The number of hydrogen-bond donors (Lipinski definition) is 0.